The molecule has 2 N–H and O–H groups in total. The highest BCUT2D eigenvalue weighted by atomic mass is 32.2. The second-order valence-corrected chi connectivity index (χ2v) is 8.29. The third-order valence-electron chi connectivity index (χ3n) is 4.33. The van der Waals surface area contributed by atoms with Crippen LogP contribution in [0.2, 0.25) is 0 Å². The SMILES string of the molecule is CCCCS(=O)(=O)Nc1ccc(Nc2ccccc2N2CCOCC2)cn1. The van der Waals surface area contributed by atoms with Gasteiger partial charge >= 0.3 is 0 Å². The van der Waals surface area contributed by atoms with Crippen LogP contribution in [0, 0.1) is 0 Å². The van der Waals surface area contributed by atoms with Crippen LogP contribution in [0.4, 0.5) is 22.9 Å². The van der Waals surface area contributed by atoms with Crippen LogP contribution in [-0.4, -0.2) is 45.5 Å². The summed E-state index contributed by atoms with van der Waals surface area (Å²) >= 11 is 0. The molecule has 0 aliphatic carbocycles. The van der Waals surface area contributed by atoms with Gasteiger partial charge in [0.2, 0.25) is 10.0 Å². The summed E-state index contributed by atoms with van der Waals surface area (Å²) in [5.41, 5.74) is 2.90. The molecule has 0 radical (unpaired) electrons. The monoisotopic (exact) mass is 390 g/mol. The van der Waals surface area contributed by atoms with Crippen molar-refractivity contribution < 1.29 is 13.2 Å². The number of morpholine rings is 1. The molecule has 0 atom stereocenters. The smallest absolute Gasteiger partial charge is 0.233 e. The Labute approximate surface area is 160 Å². The zero-order valence-corrected chi connectivity index (χ0v) is 16.3. The Kier molecular flexibility index (Phi) is 6.52. The van der Waals surface area contributed by atoms with Gasteiger partial charge in [0.05, 0.1) is 42.2 Å². The van der Waals surface area contributed by atoms with Crippen molar-refractivity contribution in [1.82, 2.24) is 4.98 Å². The van der Waals surface area contributed by atoms with Crippen molar-refractivity contribution in [2.24, 2.45) is 0 Å². The van der Waals surface area contributed by atoms with Gasteiger partial charge in [-0.3, -0.25) is 4.72 Å². The number of nitrogens with zero attached hydrogens (tertiary/aromatic N) is 2. The molecular weight excluding hydrogens is 364 g/mol. The molecule has 1 fully saturated rings. The number of aromatic nitrogens is 1. The van der Waals surface area contributed by atoms with E-state index in [9.17, 15) is 8.42 Å². The minimum Gasteiger partial charge on any atom is -0.378 e. The molecule has 1 aliphatic rings. The molecular formula is C19H26N4O3S. The predicted molar refractivity (Wildman–Crippen MR) is 109 cm³/mol. The van der Waals surface area contributed by atoms with Gasteiger partial charge in [0.1, 0.15) is 5.82 Å². The van der Waals surface area contributed by atoms with Gasteiger partial charge in [-0.2, -0.15) is 0 Å². The van der Waals surface area contributed by atoms with E-state index in [1.165, 1.54) is 0 Å². The Hall–Kier alpha value is -2.32. The quantitative estimate of drug-likeness (QED) is 0.720. The van der Waals surface area contributed by atoms with Gasteiger partial charge in [-0.1, -0.05) is 25.5 Å². The number of anilines is 4. The lowest BCUT2D eigenvalue weighted by molar-refractivity contribution is 0.123. The zero-order valence-electron chi connectivity index (χ0n) is 15.5. The number of ether oxygens (including phenoxy) is 1. The van der Waals surface area contributed by atoms with Crippen LogP contribution in [0.25, 0.3) is 0 Å². The predicted octanol–water partition coefficient (Wildman–Crippen LogP) is 3.20. The summed E-state index contributed by atoms with van der Waals surface area (Å²) in [6, 6.07) is 11.6. The molecule has 0 unspecified atom stereocenters. The highest BCUT2D eigenvalue weighted by Crippen LogP contribution is 2.29. The van der Waals surface area contributed by atoms with Crippen molar-refractivity contribution in [2.75, 3.05) is 47.0 Å². The van der Waals surface area contributed by atoms with Crippen LogP contribution < -0.4 is 14.9 Å². The first-order valence-electron chi connectivity index (χ1n) is 9.23. The molecule has 1 aromatic carbocycles. The zero-order chi connectivity index (χ0) is 19.1. The number of pyridine rings is 1. The highest BCUT2D eigenvalue weighted by Gasteiger charge is 2.15. The summed E-state index contributed by atoms with van der Waals surface area (Å²) in [6.45, 7) is 5.12. The molecule has 1 saturated heterocycles. The summed E-state index contributed by atoms with van der Waals surface area (Å²) in [4.78, 5) is 6.51. The summed E-state index contributed by atoms with van der Waals surface area (Å²) in [5.74, 6) is 0.441. The van der Waals surface area contributed by atoms with Gasteiger partial charge in [-0.15, -0.1) is 0 Å². The largest absolute Gasteiger partial charge is 0.378 e. The van der Waals surface area contributed by atoms with Gasteiger partial charge in [-0.05, 0) is 30.7 Å². The third-order valence-corrected chi connectivity index (χ3v) is 5.67. The van der Waals surface area contributed by atoms with Crippen molar-refractivity contribution in [1.29, 1.82) is 0 Å². The van der Waals surface area contributed by atoms with Gasteiger partial charge in [0, 0.05) is 13.1 Å². The molecule has 0 bridgehead atoms. The maximum atomic E-state index is 12.0. The van der Waals surface area contributed by atoms with Gasteiger partial charge < -0.3 is 15.0 Å². The number of sulfonamides is 1. The van der Waals surface area contributed by atoms with E-state index >= 15 is 0 Å². The van der Waals surface area contributed by atoms with Crippen LogP contribution in [-0.2, 0) is 14.8 Å². The number of hydrogen-bond donors (Lipinski definition) is 2. The lowest BCUT2D eigenvalue weighted by atomic mass is 10.2. The molecule has 8 heteroatoms. The average Bonchev–Trinajstić information content (AvgIpc) is 2.69. The Morgan fingerprint density at radius 3 is 2.63 bits per heavy atom. The van der Waals surface area contributed by atoms with Crippen LogP contribution in [0.5, 0.6) is 0 Å². The van der Waals surface area contributed by atoms with E-state index in [-0.39, 0.29) is 5.75 Å². The van der Waals surface area contributed by atoms with Crippen LogP contribution >= 0.6 is 0 Å². The lowest BCUT2D eigenvalue weighted by Gasteiger charge is -2.30. The third kappa shape index (κ3) is 5.58. The minimum atomic E-state index is -3.34. The highest BCUT2D eigenvalue weighted by molar-refractivity contribution is 7.92. The molecule has 2 heterocycles. The van der Waals surface area contributed by atoms with Crippen molar-refractivity contribution in [3.05, 3.63) is 42.6 Å². The molecule has 146 valence electrons. The lowest BCUT2D eigenvalue weighted by Crippen LogP contribution is -2.36. The molecule has 1 aromatic heterocycles. The summed E-state index contributed by atoms with van der Waals surface area (Å²) < 4.78 is 31.9. The molecule has 27 heavy (non-hydrogen) atoms. The van der Waals surface area contributed by atoms with Crippen molar-refractivity contribution in [3.8, 4) is 0 Å². The van der Waals surface area contributed by atoms with Gasteiger partial charge in [-0.25, -0.2) is 13.4 Å². The summed E-state index contributed by atoms with van der Waals surface area (Å²) in [7, 11) is -3.34. The van der Waals surface area contributed by atoms with E-state index in [0.717, 1.165) is 49.8 Å². The van der Waals surface area contributed by atoms with E-state index in [4.69, 9.17) is 4.74 Å². The Morgan fingerprint density at radius 2 is 1.93 bits per heavy atom. The molecule has 0 spiro atoms. The second kappa shape index (κ2) is 9.05. The maximum Gasteiger partial charge on any atom is 0.233 e. The standard InChI is InChI=1S/C19H26N4O3S/c1-2-3-14-27(24,25)22-19-9-8-16(15-20-19)21-17-6-4-5-7-18(17)23-10-12-26-13-11-23/h4-9,15,21H,2-3,10-14H2,1H3,(H,20,22). The molecule has 0 saturated carbocycles. The first-order chi connectivity index (χ1) is 13.1. The van der Waals surface area contributed by atoms with Gasteiger partial charge in [0.15, 0.2) is 0 Å². The fraction of sp³-hybridized carbons (Fsp3) is 0.421. The molecule has 1 aliphatic heterocycles. The molecule has 0 amide bonds. The van der Waals surface area contributed by atoms with E-state index in [0.29, 0.717) is 12.2 Å². The fourth-order valence-electron chi connectivity index (χ4n) is 2.89. The molecule has 7 nitrogen and oxygen atoms in total. The van der Waals surface area contributed by atoms with Crippen LogP contribution in [0.1, 0.15) is 19.8 Å². The Bertz CT molecular complexity index is 834. The number of para-hydroxylation sites is 2. The number of benzene rings is 1. The topological polar surface area (TPSA) is 83.6 Å². The first-order valence-corrected chi connectivity index (χ1v) is 10.9. The summed E-state index contributed by atoms with van der Waals surface area (Å²) in [5, 5.41) is 3.37. The number of unbranched alkanes of at least 4 members (excludes halogenated alkanes) is 1. The fourth-order valence-corrected chi connectivity index (χ4v) is 4.10. The first kappa shape index (κ1) is 19.4. The number of nitrogens with one attached hydrogen (secondary N) is 2. The minimum absolute atomic E-state index is 0.109. The van der Waals surface area contributed by atoms with E-state index in [1.807, 2.05) is 31.2 Å². The van der Waals surface area contributed by atoms with E-state index < -0.39 is 10.0 Å². The van der Waals surface area contributed by atoms with Crippen LogP contribution in [0.3, 0.4) is 0 Å². The number of rotatable bonds is 8. The van der Waals surface area contributed by atoms with E-state index in [2.05, 4.69) is 26.0 Å². The average molecular weight is 391 g/mol. The Morgan fingerprint density at radius 1 is 1.15 bits per heavy atom. The summed E-state index contributed by atoms with van der Waals surface area (Å²) in [6.07, 6.45) is 3.10. The Balaban J connectivity index is 1.68. The van der Waals surface area contributed by atoms with Crippen molar-refractivity contribution in [3.63, 3.8) is 0 Å². The maximum absolute atomic E-state index is 12.0. The normalized spacial score (nSPS) is 14.8. The van der Waals surface area contributed by atoms with Crippen LogP contribution in [0.15, 0.2) is 42.6 Å². The second-order valence-electron chi connectivity index (χ2n) is 6.45. The molecule has 2 aromatic rings. The van der Waals surface area contributed by atoms with Crippen molar-refractivity contribution in [2.45, 2.75) is 19.8 Å². The number of hydrogen-bond acceptors (Lipinski definition) is 6. The molecule has 3 rings (SSSR count). The van der Waals surface area contributed by atoms with E-state index in [1.54, 1.807) is 12.3 Å². The van der Waals surface area contributed by atoms with Crippen molar-refractivity contribution >= 4 is 32.9 Å². The van der Waals surface area contributed by atoms with Gasteiger partial charge in [0.25, 0.3) is 0 Å².